The number of amidine groups is 2. The number of hydrogen-bond acceptors (Lipinski definition) is 5. The number of rotatable bonds is 0. The van der Waals surface area contributed by atoms with Gasteiger partial charge < -0.3 is 21.0 Å². The Labute approximate surface area is 68.3 Å². The second kappa shape index (κ2) is 5.66. The van der Waals surface area contributed by atoms with Crippen molar-refractivity contribution >= 4 is 22.1 Å². The molecule has 0 atom stereocenters. The van der Waals surface area contributed by atoms with E-state index in [-0.39, 0.29) is 10.3 Å². The van der Waals surface area contributed by atoms with Gasteiger partial charge in [-0.3, -0.25) is 0 Å². The normalized spacial score (nSPS) is 12.9. The van der Waals surface area contributed by atoms with Gasteiger partial charge in [-0.05, 0) is 11.8 Å². The molecule has 0 radical (unpaired) electrons. The summed E-state index contributed by atoms with van der Waals surface area (Å²) in [6, 6.07) is 0. The lowest BCUT2D eigenvalue weighted by Gasteiger charge is -2.02. The van der Waals surface area contributed by atoms with E-state index in [1.54, 1.807) is 14.1 Å². The molecule has 0 aliphatic rings. The fraction of sp³-hybridized carbons (Fsp3) is 0.500. The van der Waals surface area contributed by atoms with Crippen LogP contribution in [-0.2, 0) is 0 Å². The summed E-state index contributed by atoms with van der Waals surface area (Å²) in [5.41, 5.74) is 0. The molecule has 0 saturated carbocycles. The lowest BCUT2D eigenvalue weighted by atomic mass is 11.1. The van der Waals surface area contributed by atoms with Crippen LogP contribution in [0.15, 0.2) is 10.3 Å². The Morgan fingerprint density at radius 1 is 1.09 bits per heavy atom. The van der Waals surface area contributed by atoms with Gasteiger partial charge in [-0.2, -0.15) is 0 Å². The molecule has 0 saturated heterocycles. The maximum absolute atomic E-state index is 8.31. The van der Waals surface area contributed by atoms with Gasteiger partial charge in [0.25, 0.3) is 0 Å². The van der Waals surface area contributed by atoms with Gasteiger partial charge in [0.15, 0.2) is 0 Å². The molecule has 0 rings (SSSR count). The highest BCUT2D eigenvalue weighted by atomic mass is 32.2. The third-order valence-corrected chi connectivity index (χ3v) is 1.76. The van der Waals surface area contributed by atoms with E-state index in [1.165, 1.54) is 0 Å². The molecule has 0 aromatic carbocycles. The van der Waals surface area contributed by atoms with E-state index in [4.69, 9.17) is 10.4 Å². The van der Waals surface area contributed by atoms with E-state index in [0.717, 1.165) is 11.8 Å². The Balaban J connectivity index is 4.00. The van der Waals surface area contributed by atoms with Crippen molar-refractivity contribution < 1.29 is 10.4 Å². The lowest BCUT2D eigenvalue weighted by Crippen LogP contribution is -2.22. The van der Waals surface area contributed by atoms with Crippen molar-refractivity contribution in [1.82, 2.24) is 10.6 Å². The predicted octanol–water partition coefficient (Wildman–Crippen LogP) is -0.351. The Hall–Kier alpha value is -1.11. The molecule has 0 spiro atoms. The van der Waals surface area contributed by atoms with E-state index in [0.29, 0.717) is 0 Å². The van der Waals surface area contributed by atoms with Gasteiger partial charge in [0.2, 0.25) is 10.3 Å². The van der Waals surface area contributed by atoms with Gasteiger partial charge in [0.05, 0.1) is 0 Å². The number of hydrogen-bond donors (Lipinski definition) is 4. The molecule has 64 valence electrons. The molecule has 0 amide bonds. The van der Waals surface area contributed by atoms with Gasteiger partial charge >= 0.3 is 0 Å². The van der Waals surface area contributed by atoms with Crippen molar-refractivity contribution in [2.24, 2.45) is 10.3 Å². The first-order valence-corrected chi connectivity index (χ1v) is 3.57. The maximum atomic E-state index is 8.31. The van der Waals surface area contributed by atoms with E-state index in [2.05, 4.69) is 20.9 Å². The highest BCUT2D eigenvalue weighted by Gasteiger charge is 2.03. The van der Waals surface area contributed by atoms with E-state index >= 15 is 0 Å². The van der Waals surface area contributed by atoms with Crippen molar-refractivity contribution in [3.05, 3.63) is 0 Å². The van der Waals surface area contributed by atoms with Crippen LogP contribution in [0.2, 0.25) is 0 Å². The number of nitrogens with zero attached hydrogens (tertiary/aromatic N) is 2. The minimum Gasteiger partial charge on any atom is -0.409 e. The minimum atomic E-state index is 0.243. The minimum absolute atomic E-state index is 0.243. The molecule has 0 heterocycles. The maximum Gasteiger partial charge on any atom is 0.207 e. The van der Waals surface area contributed by atoms with E-state index in [1.807, 2.05) is 0 Å². The van der Waals surface area contributed by atoms with Gasteiger partial charge in [-0.15, -0.1) is 0 Å². The van der Waals surface area contributed by atoms with E-state index in [9.17, 15) is 0 Å². The first-order valence-electron chi connectivity index (χ1n) is 2.76. The van der Waals surface area contributed by atoms with Gasteiger partial charge in [0, 0.05) is 14.1 Å². The summed E-state index contributed by atoms with van der Waals surface area (Å²) in [5, 5.41) is 28.0. The Kier molecular flexibility index (Phi) is 5.09. The number of nitrogens with one attached hydrogen (secondary N) is 2. The summed E-state index contributed by atoms with van der Waals surface area (Å²) in [4.78, 5) is 0. The summed E-state index contributed by atoms with van der Waals surface area (Å²) < 4.78 is 0. The summed E-state index contributed by atoms with van der Waals surface area (Å²) >= 11 is 0.968. The predicted molar refractivity (Wildman–Crippen MR) is 44.2 cm³/mol. The zero-order valence-electron chi connectivity index (χ0n) is 6.20. The van der Waals surface area contributed by atoms with Crippen molar-refractivity contribution in [3.63, 3.8) is 0 Å². The quantitative estimate of drug-likeness (QED) is 0.176. The number of thioether (sulfide) groups is 1. The molecule has 11 heavy (non-hydrogen) atoms. The van der Waals surface area contributed by atoms with Gasteiger partial charge in [-0.1, -0.05) is 10.3 Å². The van der Waals surface area contributed by atoms with Crippen LogP contribution in [0, 0.1) is 0 Å². The third-order valence-electron chi connectivity index (χ3n) is 0.803. The molecule has 7 heteroatoms. The summed E-state index contributed by atoms with van der Waals surface area (Å²) in [6.07, 6.45) is 0. The highest BCUT2D eigenvalue weighted by Crippen LogP contribution is 2.01. The molecule has 0 aliphatic carbocycles. The molecule has 0 aromatic rings. The fourth-order valence-corrected chi connectivity index (χ4v) is 0.803. The third kappa shape index (κ3) is 3.56. The van der Waals surface area contributed by atoms with E-state index < -0.39 is 0 Å². The van der Waals surface area contributed by atoms with Crippen LogP contribution < -0.4 is 10.6 Å². The molecule has 0 fully saturated rings. The lowest BCUT2D eigenvalue weighted by molar-refractivity contribution is 0.318. The average molecular weight is 178 g/mol. The van der Waals surface area contributed by atoms with Crippen LogP contribution in [0.25, 0.3) is 0 Å². The summed E-state index contributed by atoms with van der Waals surface area (Å²) in [5.74, 6) is 0. The SMILES string of the molecule is CNC(=NO)SC(=NO)NC. The number of oxime groups is 2. The fourth-order valence-electron chi connectivity index (χ4n) is 0.334. The monoisotopic (exact) mass is 178 g/mol. The van der Waals surface area contributed by atoms with Crippen LogP contribution in [0.4, 0.5) is 0 Å². The Morgan fingerprint density at radius 3 is 1.64 bits per heavy atom. The van der Waals surface area contributed by atoms with Gasteiger partial charge in [-0.25, -0.2) is 0 Å². The van der Waals surface area contributed by atoms with Crippen LogP contribution in [0.3, 0.4) is 0 Å². The molecule has 0 bridgehead atoms. The highest BCUT2D eigenvalue weighted by molar-refractivity contribution is 8.26. The summed E-state index contributed by atoms with van der Waals surface area (Å²) in [7, 11) is 3.18. The standard InChI is InChI=1S/C4H10N4O2S/c1-5-3(7-9)11-4(6-2)8-10/h9-10H,1-2H3,(H,5,7)(H,6,8). The van der Waals surface area contributed by atoms with Gasteiger partial charge in [0.1, 0.15) is 0 Å². The molecular weight excluding hydrogens is 168 g/mol. The van der Waals surface area contributed by atoms with Crippen molar-refractivity contribution in [2.45, 2.75) is 0 Å². The van der Waals surface area contributed by atoms with Crippen molar-refractivity contribution in [3.8, 4) is 0 Å². The van der Waals surface area contributed by atoms with Crippen LogP contribution >= 0.6 is 11.8 Å². The Bertz CT molecular complexity index is 151. The topological polar surface area (TPSA) is 89.2 Å². The molecule has 0 aromatic heterocycles. The second-order valence-electron chi connectivity index (χ2n) is 1.41. The largest absolute Gasteiger partial charge is 0.409 e. The zero-order valence-corrected chi connectivity index (χ0v) is 7.01. The molecule has 0 aliphatic heterocycles. The molecule has 4 N–H and O–H groups in total. The molecular formula is C4H10N4O2S. The second-order valence-corrected chi connectivity index (χ2v) is 2.39. The first kappa shape index (κ1) is 9.89. The zero-order chi connectivity index (χ0) is 8.69. The smallest absolute Gasteiger partial charge is 0.207 e. The summed E-state index contributed by atoms with van der Waals surface area (Å²) in [6.45, 7) is 0. The van der Waals surface area contributed by atoms with Crippen LogP contribution in [0.1, 0.15) is 0 Å². The average Bonchev–Trinajstić information content (AvgIpc) is 2.07. The van der Waals surface area contributed by atoms with Crippen molar-refractivity contribution in [1.29, 1.82) is 0 Å². The Morgan fingerprint density at radius 2 is 1.45 bits per heavy atom. The van der Waals surface area contributed by atoms with Crippen LogP contribution in [0.5, 0.6) is 0 Å². The van der Waals surface area contributed by atoms with Crippen LogP contribution in [-0.4, -0.2) is 34.8 Å². The molecule has 0 unspecified atom stereocenters. The first-order chi connectivity index (χ1) is 5.28. The molecule has 6 nitrogen and oxygen atoms in total. The van der Waals surface area contributed by atoms with Crippen molar-refractivity contribution in [2.75, 3.05) is 14.1 Å².